The smallest absolute Gasteiger partial charge is 0.0623 e. The molecule has 1 atom stereocenters. The van der Waals surface area contributed by atoms with Gasteiger partial charge in [-0.25, -0.2) is 0 Å². The summed E-state index contributed by atoms with van der Waals surface area (Å²) >= 11 is 0. The van der Waals surface area contributed by atoms with Crippen molar-refractivity contribution in [1.29, 1.82) is 0 Å². The predicted molar refractivity (Wildman–Crippen MR) is 77.7 cm³/mol. The molecule has 0 spiro atoms. The highest BCUT2D eigenvalue weighted by Crippen LogP contribution is 2.18. The molecule has 1 rings (SSSR count). The first-order chi connectivity index (χ1) is 8.53. The van der Waals surface area contributed by atoms with Crippen LogP contribution in [-0.4, -0.2) is 18.8 Å². The number of hydrogen-bond donors (Lipinski definition) is 1. The lowest BCUT2D eigenvalue weighted by atomic mass is 9.96. The molecule has 0 amide bonds. The van der Waals surface area contributed by atoms with Gasteiger partial charge in [-0.05, 0) is 51.5 Å². The SMILES string of the molecule is COC(C)(C)CCC(N)CCCc1ccccc1. The average molecular weight is 249 g/mol. The van der Waals surface area contributed by atoms with Gasteiger partial charge in [0, 0.05) is 13.2 Å². The molecule has 1 aromatic rings. The average Bonchev–Trinajstić information content (AvgIpc) is 2.38. The van der Waals surface area contributed by atoms with E-state index in [1.54, 1.807) is 7.11 Å². The summed E-state index contributed by atoms with van der Waals surface area (Å²) in [6, 6.07) is 10.9. The number of benzene rings is 1. The summed E-state index contributed by atoms with van der Waals surface area (Å²) in [5.74, 6) is 0. The van der Waals surface area contributed by atoms with Crippen LogP contribution in [0.4, 0.5) is 0 Å². The first-order valence-electron chi connectivity index (χ1n) is 6.88. The molecule has 2 nitrogen and oxygen atoms in total. The van der Waals surface area contributed by atoms with Gasteiger partial charge in [0.05, 0.1) is 5.60 Å². The lowest BCUT2D eigenvalue weighted by Gasteiger charge is -2.24. The molecule has 0 aliphatic rings. The molecule has 0 saturated heterocycles. The van der Waals surface area contributed by atoms with Gasteiger partial charge in [0.25, 0.3) is 0 Å². The predicted octanol–water partition coefficient (Wildman–Crippen LogP) is 3.54. The minimum atomic E-state index is -0.0446. The molecule has 0 fully saturated rings. The third-order valence-corrected chi connectivity index (χ3v) is 3.55. The second-order valence-corrected chi connectivity index (χ2v) is 5.64. The maximum Gasteiger partial charge on any atom is 0.0623 e. The van der Waals surface area contributed by atoms with E-state index in [2.05, 4.69) is 44.2 Å². The molecule has 1 aromatic carbocycles. The molecule has 0 bridgehead atoms. The van der Waals surface area contributed by atoms with Crippen molar-refractivity contribution in [2.45, 2.75) is 57.6 Å². The van der Waals surface area contributed by atoms with Crippen LogP contribution in [0.15, 0.2) is 30.3 Å². The van der Waals surface area contributed by atoms with Gasteiger partial charge in [-0.2, -0.15) is 0 Å². The summed E-state index contributed by atoms with van der Waals surface area (Å²) in [6.07, 6.45) is 5.45. The van der Waals surface area contributed by atoms with Crippen molar-refractivity contribution in [2.24, 2.45) is 5.73 Å². The minimum absolute atomic E-state index is 0.0446. The molecule has 1 unspecified atom stereocenters. The van der Waals surface area contributed by atoms with Gasteiger partial charge in [0.15, 0.2) is 0 Å². The highest BCUT2D eigenvalue weighted by molar-refractivity contribution is 5.14. The first kappa shape index (κ1) is 15.2. The number of ether oxygens (including phenoxy) is 1. The Balaban J connectivity index is 2.16. The molecule has 102 valence electrons. The molecule has 2 heteroatoms. The van der Waals surface area contributed by atoms with Gasteiger partial charge < -0.3 is 10.5 Å². The largest absolute Gasteiger partial charge is 0.379 e. The van der Waals surface area contributed by atoms with Crippen LogP contribution in [0.25, 0.3) is 0 Å². The summed E-state index contributed by atoms with van der Waals surface area (Å²) in [5.41, 5.74) is 7.50. The molecule has 0 aliphatic carbocycles. The standard InChI is InChI=1S/C16H27NO/c1-16(2,18-3)13-12-15(17)11-7-10-14-8-5-4-6-9-14/h4-6,8-9,15H,7,10-13,17H2,1-3H3. The maximum absolute atomic E-state index is 6.14. The molecule has 0 radical (unpaired) electrons. The van der Waals surface area contributed by atoms with Crippen LogP contribution in [0.5, 0.6) is 0 Å². The molecule has 0 aromatic heterocycles. The lowest BCUT2D eigenvalue weighted by Crippen LogP contribution is -2.28. The normalized spacial score (nSPS) is 13.6. The number of nitrogens with two attached hydrogens (primary N) is 1. The maximum atomic E-state index is 6.14. The third kappa shape index (κ3) is 6.18. The van der Waals surface area contributed by atoms with E-state index >= 15 is 0 Å². The van der Waals surface area contributed by atoms with E-state index in [0.717, 1.165) is 25.7 Å². The van der Waals surface area contributed by atoms with Gasteiger partial charge >= 0.3 is 0 Å². The van der Waals surface area contributed by atoms with Gasteiger partial charge in [0.1, 0.15) is 0 Å². The summed E-state index contributed by atoms with van der Waals surface area (Å²) in [6.45, 7) is 4.23. The Bertz CT molecular complexity index is 321. The summed E-state index contributed by atoms with van der Waals surface area (Å²) in [4.78, 5) is 0. The van der Waals surface area contributed by atoms with E-state index in [-0.39, 0.29) is 5.60 Å². The van der Waals surface area contributed by atoms with Crippen molar-refractivity contribution in [2.75, 3.05) is 7.11 Å². The van der Waals surface area contributed by atoms with E-state index in [1.807, 2.05) is 0 Å². The zero-order valence-corrected chi connectivity index (χ0v) is 12.0. The second kappa shape index (κ2) is 7.55. The lowest BCUT2D eigenvalue weighted by molar-refractivity contribution is 0.0123. The zero-order valence-electron chi connectivity index (χ0n) is 12.0. The van der Waals surface area contributed by atoms with Crippen molar-refractivity contribution in [3.05, 3.63) is 35.9 Å². The summed E-state index contributed by atoms with van der Waals surface area (Å²) in [5, 5.41) is 0. The highest BCUT2D eigenvalue weighted by Gasteiger charge is 2.17. The van der Waals surface area contributed by atoms with Crippen molar-refractivity contribution in [3.8, 4) is 0 Å². The van der Waals surface area contributed by atoms with E-state index in [0.29, 0.717) is 6.04 Å². The number of hydrogen-bond acceptors (Lipinski definition) is 2. The fourth-order valence-electron chi connectivity index (χ4n) is 1.99. The molecule has 2 N–H and O–H groups in total. The van der Waals surface area contributed by atoms with Gasteiger partial charge in [0.2, 0.25) is 0 Å². The van der Waals surface area contributed by atoms with E-state index in [4.69, 9.17) is 10.5 Å². The Morgan fingerprint density at radius 1 is 1.17 bits per heavy atom. The van der Waals surface area contributed by atoms with E-state index < -0.39 is 0 Å². The fourth-order valence-corrected chi connectivity index (χ4v) is 1.99. The molecule has 0 heterocycles. The topological polar surface area (TPSA) is 35.2 Å². The van der Waals surface area contributed by atoms with Crippen LogP contribution in [-0.2, 0) is 11.2 Å². The molecular weight excluding hydrogens is 222 g/mol. The molecule has 0 aliphatic heterocycles. The van der Waals surface area contributed by atoms with Crippen molar-refractivity contribution in [3.63, 3.8) is 0 Å². The Morgan fingerprint density at radius 2 is 1.83 bits per heavy atom. The zero-order chi connectivity index (χ0) is 13.4. The minimum Gasteiger partial charge on any atom is -0.379 e. The summed E-state index contributed by atoms with van der Waals surface area (Å²) < 4.78 is 5.41. The van der Waals surface area contributed by atoms with E-state index in [1.165, 1.54) is 12.0 Å². The highest BCUT2D eigenvalue weighted by atomic mass is 16.5. The van der Waals surface area contributed by atoms with Crippen LogP contribution in [0.3, 0.4) is 0 Å². The van der Waals surface area contributed by atoms with Crippen LogP contribution >= 0.6 is 0 Å². The van der Waals surface area contributed by atoms with E-state index in [9.17, 15) is 0 Å². The van der Waals surface area contributed by atoms with Gasteiger partial charge in [-0.3, -0.25) is 0 Å². The molecular formula is C16H27NO. The quantitative estimate of drug-likeness (QED) is 0.765. The third-order valence-electron chi connectivity index (χ3n) is 3.55. The molecule has 18 heavy (non-hydrogen) atoms. The van der Waals surface area contributed by atoms with Crippen molar-refractivity contribution in [1.82, 2.24) is 0 Å². The van der Waals surface area contributed by atoms with Gasteiger partial charge in [-0.15, -0.1) is 0 Å². The number of methoxy groups -OCH3 is 1. The Labute approximate surface area is 112 Å². The summed E-state index contributed by atoms with van der Waals surface area (Å²) in [7, 11) is 1.76. The first-order valence-corrected chi connectivity index (χ1v) is 6.88. The van der Waals surface area contributed by atoms with Crippen LogP contribution < -0.4 is 5.73 Å². The number of aryl methyl sites for hydroxylation is 1. The van der Waals surface area contributed by atoms with Crippen LogP contribution in [0.2, 0.25) is 0 Å². The molecule has 0 saturated carbocycles. The monoisotopic (exact) mass is 249 g/mol. The van der Waals surface area contributed by atoms with Crippen LogP contribution in [0.1, 0.15) is 45.1 Å². The fraction of sp³-hybridized carbons (Fsp3) is 0.625. The Hall–Kier alpha value is -0.860. The van der Waals surface area contributed by atoms with Crippen LogP contribution in [0, 0.1) is 0 Å². The number of rotatable bonds is 8. The second-order valence-electron chi connectivity index (χ2n) is 5.64. The Morgan fingerprint density at radius 3 is 2.44 bits per heavy atom. The Kier molecular flexibility index (Phi) is 6.37. The van der Waals surface area contributed by atoms with Crippen molar-refractivity contribution >= 4 is 0 Å². The van der Waals surface area contributed by atoms with Gasteiger partial charge in [-0.1, -0.05) is 30.3 Å². The van der Waals surface area contributed by atoms with Crippen molar-refractivity contribution < 1.29 is 4.74 Å².